The molecule has 17 heavy (non-hydrogen) atoms. The molecule has 4 nitrogen and oxygen atoms in total. The van der Waals surface area contributed by atoms with Crippen molar-refractivity contribution in [1.82, 2.24) is 4.90 Å². The molecule has 1 heterocycles. The van der Waals surface area contributed by atoms with Crippen molar-refractivity contribution in [3.05, 3.63) is 0 Å². The zero-order chi connectivity index (χ0) is 13.1. The van der Waals surface area contributed by atoms with E-state index in [1.54, 1.807) is 7.11 Å². The molecule has 1 aliphatic rings. The molecule has 0 radical (unpaired) electrons. The molecular formula is C13H27NO3. The van der Waals surface area contributed by atoms with Crippen LogP contribution in [0, 0.1) is 0 Å². The van der Waals surface area contributed by atoms with Crippen LogP contribution in [0.5, 0.6) is 0 Å². The van der Waals surface area contributed by atoms with Gasteiger partial charge in [-0.25, -0.2) is 0 Å². The van der Waals surface area contributed by atoms with E-state index >= 15 is 0 Å². The van der Waals surface area contributed by atoms with Gasteiger partial charge in [-0.2, -0.15) is 0 Å². The lowest BCUT2D eigenvalue weighted by Gasteiger charge is -2.35. The Morgan fingerprint density at radius 2 is 1.94 bits per heavy atom. The van der Waals surface area contributed by atoms with Crippen LogP contribution in [0.4, 0.5) is 0 Å². The second kappa shape index (κ2) is 5.65. The lowest BCUT2D eigenvalue weighted by molar-refractivity contribution is -0.0823. The van der Waals surface area contributed by atoms with Gasteiger partial charge < -0.3 is 14.6 Å². The van der Waals surface area contributed by atoms with E-state index in [1.807, 2.05) is 0 Å². The lowest BCUT2D eigenvalue weighted by Crippen LogP contribution is -2.48. The van der Waals surface area contributed by atoms with Gasteiger partial charge >= 0.3 is 0 Å². The van der Waals surface area contributed by atoms with Crippen LogP contribution >= 0.6 is 0 Å². The Balaban J connectivity index is 2.72. The van der Waals surface area contributed by atoms with E-state index in [9.17, 15) is 5.11 Å². The molecule has 1 aliphatic heterocycles. The molecule has 0 aromatic heterocycles. The van der Waals surface area contributed by atoms with E-state index in [0.717, 1.165) is 13.0 Å². The van der Waals surface area contributed by atoms with E-state index in [4.69, 9.17) is 9.47 Å². The summed E-state index contributed by atoms with van der Waals surface area (Å²) in [7, 11) is 1.71. The maximum Gasteiger partial charge on any atom is 0.0789 e. The molecule has 0 aromatic rings. The van der Waals surface area contributed by atoms with Gasteiger partial charge in [0.25, 0.3) is 0 Å². The van der Waals surface area contributed by atoms with Gasteiger partial charge in [-0.3, -0.25) is 4.90 Å². The maximum atomic E-state index is 9.17. The topological polar surface area (TPSA) is 41.9 Å². The predicted molar refractivity (Wildman–Crippen MR) is 68.2 cm³/mol. The van der Waals surface area contributed by atoms with Crippen LogP contribution in [0.25, 0.3) is 0 Å². The third-order valence-corrected chi connectivity index (χ3v) is 3.44. The SMILES string of the molecule is COCCN(CCO)C1CC(C)(C)OC1(C)C. The van der Waals surface area contributed by atoms with Crippen LogP contribution in [-0.2, 0) is 9.47 Å². The molecule has 1 N–H and O–H groups in total. The van der Waals surface area contributed by atoms with Crippen molar-refractivity contribution in [3.63, 3.8) is 0 Å². The molecule has 1 saturated heterocycles. The van der Waals surface area contributed by atoms with Crippen LogP contribution in [-0.4, -0.2) is 60.7 Å². The van der Waals surface area contributed by atoms with Crippen molar-refractivity contribution in [2.45, 2.75) is 51.4 Å². The summed E-state index contributed by atoms with van der Waals surface area (Å²) in [5.41, 5.74) is -0.263. The van der Waals surface area contributed by atoms with E-state index < -0.39 is 0 Å². The number of hydrogen-bond donors (Lipinski definition) is 1. The lowest BCUT2D eigenvalue weighted by atomic mass is 9.93. The Morgan fingerprint density at radius 3 is 2.35 bits per heavy atom. The van der Waals surface area contributed by atoms with Crippen molar-refractivity contribution in [1.29, 1.82) is 0 Å². The van der Waals surface area contributed by atoms with Crippen LogP contribution in [0.2, 0.25) is 0 Å². The Labute approximate surface area is 105 Å². The quantitative estimate of drug-likeness (QED) is 0.765. The number of methoxy groups -OCH3 is 1. The first-order chi connectivity index (χ1) is 7.82. The minimum atomic E-state index is -0.174. The average molecular weight is 245 g/mol. The summed E-state index contributed by atoms with van der Waals surface area (Å²) in [4.78, 5) is 2.28. The zero-order valence-corrected chi connectivity index (χ0v) is 11.8. The Hall–Kier alpha value is -0.160. The molecule has 4 heteroatoms. The number of aliphatic hydroxyl groups is 1. The number of hydrogen-bond acceptors (Lipinski definition) is 4. The molecule has 1 rings (SSSR count). The largest absolute Gasteiger partial charge is 0.395 e. The number of nitrogens with zero attached hydrogens (tertiary/aromatic N) is 1. The van der Waals surface area contributed by atoms with Crippen LogP contribution in [0.1, 0.15) is 34.1 Å². The summed E-state index contributed by atoms with van der Waals surface area (Å²) in [6.45, 7) is 10.9. The fourth-order valence-corrected chi connectivity index (χ4v) is 2.86. The van der Waals surface area contributed by atoms with E-state index in [2.05, 4.69) is 32.6 Å². The van der Waals surface area contributed by atoms with Crippen molar-refractivity contribution in [2.24, 2.45) is 0 Å². The molecule has 1 fully saturated rings. The van der Waals surface area contributed by atoms with Gasteiger partial charge in [0.15, 0.2) is 0 Å². The Morgan fingerprint density at radius 1 is 1.29 bits per heavy atom. The first kappa shape index (κ1) is 14.9. The summed E-state index contributed by atoms with van der Waals surface area (Å²) in [6.07, 6.45) is 0.990. The van der Waals surface area contributed by atoms with Gasteiger partial charge in [0.05, 0.1) is 24.4 Å². The third-order valence-electron chi connectivity index (χ3n) is 3.44. The summed E-state index contributed by atoms with van der Waals surface area (Å²) in [5, 5.41) is 9.17. The highest BCUT2D eigenvalue weighted by molar-refractivity contribution is 5.00. The molecule has 0 aliphatic carbocycles. The first-order valence-electron chi connectivity index (χ1n) is 6.36. The standard InChI is InChI=1S/C13H27NO3/c1-12(2)10-11(13(3,4)17-12)14(6-8-15)7-9-16-5/h11,15H,6-10H2,1-5H3. The molecule has 0 spiro atoms. The normalized spacial score (nSPS) is 26.6. The van der Waals surface area contributed by atoms with Crippen molar-refractivity contribution < 1.29 is 14.6 Å². The van der Waals surface area contributed by atoms with Gasteiger partial charge in [-0.15, -0.1) is 0 Å². The fraction of sp³-hybridized carbons (Fsp3) is 1.00. The van der Waals surface area contributed by atoms with Gasteiger partial charge in [0.1, 0.15) is 0 Å². The van der Waals surface area contributed by atoms with Crippen molar-refractivity contribution >= 4 is 0 Å². The second-order valence-corrected chi connectivity index (χ2v) is 5.94. The minimum Gasteiger partial charge on any atom is -0.395 e. The predicted octanol–water partition coefficient (Wildman–Crippen LogP) is 1.27. The molecule has 1 atom stereocenters. The highest BCUT2D eigenvalue weighted by atomic mass is 16.5. The smallest absolute Gasteiger partial charge is 0.0789 e. The minimum absolute atomic E-state index is 0.0883. The van der Waals surface area contributed by atoms with Gasteiger partial charge in [0.2, 0.25) is 0 Å². The molecule has 1 unspecified atom stereocenters. The summed E-state index contributed by atoms with van der Waals surface area (Å²) >= 11 is 0. The van der Waals surface area contributed by atoms with Crippen LogP contribution in [0.3, 0.4) is 0 Å². The summed E-state index contributed by atoms with van der Waals surface area (Å²) in [5.74, 6) is 0. The molecule has 102 valence electrons. The summed E-state index contributed by atoms with van der Waals surface area (Å²) in [6, 6.07) is 0.333. The van der Waals surface area contributed by atoms with Gasteiger partial charge in [-0.1, -0.05) is 0 Å². The van der Waals surface area contributed by atoms with E-state index in [1.165, 1.54) is 0 Å². The maximum absolute atomic E-state index is 9.17. The number of rotatable bonds is 6. The highest BCUT2D eigenvalue weighted by Crippen LogP contribution is 2.39. The molecule has 0 aromatic carbocycles. The van der Waals surface area contributed by atoms with Gasteiger partial charge in [0, 0.05) is 26.2 Å². The van der Waals surface area contributed by atoms with Crippen LogP contribution < -0.4 is 0 Å². The zero-order valence-electron chi connectivity index (χ0n) is 11.8. The Bertz CT molecular complexity index is 241. The molecule has 0 bridgehead atoms. The third kappa shape index (κ3) is 3.91. The fourth-order valence-electron chi connectivity index (χ4n) is 2.86. The highest BCUT2D eigenvalue weighted by Gasteiger charge is 2.48. The molecule has 0 amide bonds. The van der Waals surface area contributed by atoms with E-state index in [-0.39, 0.29) is 17.8 Å². The Kier molecular flexibility index (Phi) is 4.95. The van der Waals surface area contributed by atoms with Crippen molar-refractivity contribution in [3.8, 4) is 0 Å². The molecule has 0 saturated carbocycles. The van der Waals surface area contributed by atoms with Crippen molar-refractivity contribution in [2.75, 3.05) is 33.4 Å². The van der Waals surface area contributed by atoms with Crippen LogP contribution in [0.15, 0.2) is 0 Å². The average Bonchev–Trinajstić information content (AvgIpc) is 2.41. The second-order valence-electron chi connectivity index (χ2n) is 5.94. The first-order valence-corrected chi connectivity index (χ1v) is 6.36. The molecular weight excluding hydrogens is 218 g/mol. The van der Waals surface area contributed by atoms with E-state index in [0.29, 0.717) is 19.2 Å². The monoisotopic (exact) mass is 245 g/mol. The van der Waals surface area contributed by atoms with Gasteiger partial charge in [-0.05, 0) is 34.1 Å². The number of aliphatic hydroxyl groups excluding tert-OH is 1. The summed E-state index contributed by atoms with van der Waals surface area (Å²) < 4.78 is 11.2. The number of ether oxygens (including phenoxy) is 2.